The molecule has 1 fully saturated rings. The van der Waals surface area contributed by atoms with E-state index < -0.39 is 0 Å². The summed E-state index contributed by atoms with van der Waals surface area (Å²) >= 11 is 0. The Kier molecular flexibility index (Phi) is 3.33. The number of fused-ring (bicyclic) bond motifs is 2. The van der Waals surface area contributed by atoms with Crippen LogP contribution in [0.5, 0.6) is 11.5 Å². The van der Waals surface area contributed by atoms with E-state index in [1.165, 1.54) is 16.7 Å². The Balaban J connectivity index is 1.72. The number of rotatable bonds is 3. The molecule has 0 spiro atoms. The van der Waals surface area contributed by atoms with E-state index in [0.717, 1.165) is 50.4 Å². The first kappa shape index (κ1) is 14.9. The fourth-order valence-corrected chi connectivity index (χ4v) is 3.61. The first-order chi connectivity index (χ1) is 10.9. The lowest BCUT2D eigenvalue weighted by molar-refractivity contribution is -0.140. The smallest absolute Gasteiger partial charge is 0.228 e. The lowest BCUT2D eigenvalue weighted by atomic mass is 9.93. The monoisotopic (exact) mass is 315 g/mol. The van der Waals surface area contributed by atoms with Crippen molar-refractivity contribution in [1.82, 2.24) is 4.90 Å². The van der Waals surface area contributed by atoms with Gasteiger partial charge in [0.05, 0.1) is 19.8 Å². The van der Waals surface area contributed by atoms with Gasteiger partial charge in [0.25, 0.3) is 0 Å². The molecule has 1 aliphatic carbocycles. The summed E-state index contributed by atoms with van der Waals surface area (Å²) in [5, 5.41) is 0. The highest BCUT2D eigenvalue weighted by molar-refractivity contribution is 5.82. The van der Waals surface area contributed by atoms with Crippen LogP contribution in [0.1, 0.15) is 50.3 Å². The van der Waals surface area contributed by atoms with Crippen LogP contribution in [0.15, 0.2) is 6.07 Å². The molecule has 3 aliphatic rings. The van der Waals surface area contributed by atoms with Gasteiger partial charge in [0, 0.05) is 41.0 Å². The summed E-state index contributed by atoms with van der Waals surface area (Å²) in [5.74, 6) is 2.26. The predicted molar refractivity (Wildman–Crippen MR) is 87.9 cm³/mol. The van der Waals surface area contributed by atoms with Gasteiger partial charge in [0.15, 0.2) is 0 Å². The fourth-order valence-electron chi connectivity index (χ4n) is 3.61. The molecule has 1 aromatic rings. The van der Waals surface area contributed by atoms with Gasteiger partial charge in [-0.25, -0.2) is 0 Å². The molecule has 0 unspecified atom stereocenters. The molecule has 0 atom stereocenters. The molecule has 1 amide bonds. The molecule has 2 heterocycles. The summed E-state index contributed by atoms with van der Waals surface area (Å²) in [6, 6.07) is 2.54. The summed E-state index contributed by atoms with van der Waals surface area (Å²) in [6.45, 7) is 8.15. The fraction of sp³-hybridized carbons (Fsp3) is 0.632. The lowest BCUT2D eigenvalue weighted by Crippen LogP contribution is -2.40. The van der Waals surface area contributed by atoms with Gasteiger partial charge in [-0.3, -0.25) is 4.79 Å². The van der Waals surface area contributed by atoms with Crippen LogP contribution in [0.2, 0.25) is 0 Å². The van der Waals surface area contributed by atoms with Crippen LogP contribution in [0, 0.1) is 5.41 Å². The molecular formula is C19H25NO3. The Hall–Kier alpha value is -1.71. The normalized spacial score (nSPS) is 18.9. The molecule has 0 aromatic heterocycles. The van der Waals surface area contributed by atoms with Crippen molar-refractivity contribution in [2.45, 2.75) is 59.0 Å². The van der Waals surface area contributed by atoms with Crippen molar-refractivity contribution in [3.8, 4) is 11.5 Å². The number of amides is 1. The molecule has 0 saturated heterocycles. The number of carbonyl (C=O) groups is 1. The van der Waals surface area contributed by atoms with Gasteiger partial charge in [-0.1, -0.05) is 20.8 Å². The molecule has 4 rings (SSSR count). The van der Waals surface area contributed by atoms with Gasteiger partial charge in [0.2, 0.25) is 5.91 Å². The van der Waals surface area contributed by atoms with E-state index in [4.69, 9.17) is 9.47 Å². The van der Waals surface area contributed by atoms with Crippen LogP contribution in [0.4, 0.5) is 0 Å². The third-order valence-corrected chi connectivity index (χ3v) is 4.98. The molecule has 1 saturated carbocycles. The van der Waals surface area contributed by atoms with Crippen LogP contribution in [0.25, 0.3) is 0 Å². The number of nitrogens with zero attached hydrogens (tertiary/aromatic N) is 1. The topological polar surface area (TPSA) is 38.8 Å². The zero-order chi connectivity index (χ0) is 16.2. The molecular weight excluding hydrogens is 290 g/mol. The average molecular weight is 315 g/mol. The summed E-state index contributed by atoms with van der Waals surface area (Å²) in [5.41, 5.74) is 3.33. The summed E-state index contributed by atoms with van der Waals surface area (Å²) in [4.78, 5) is 15.0. The van der Waals surface area contributed by atoms with Crippen molar-refractivity contribution in [2.24, 2.45) is 5.41 Å². The van der Waals surface area contributed by atoms with Gasteiger partial charge >= 0.3 is 0 Å². The van der Waals surface area contributed by atoms with E-state index in [9.17, 15) is 4.79 Å². The minimum atomic E-state index is -0.346. The van der Waals surface area contributed by atoms with Crippen molar-refractivity contribution in [1.29, 1.82) is 0 Å². The molecule has 23 heavy (non-hydrogen) atoms. The molecule has 2 aliphatic heterocycles. The van der Waals surface area contributed by atoms with Gasteiger partial charge in [-0.05, 0) is 18.9 Å². The van der Waals surface area contributed by atoms with Crippen molar-refractivity contribution < 1.29 is 14.3 Å². The second-order valence-electron chi connectivity index (χ2n) is 7.93. The number of benzene rings is 1. The number of carbonyl (C=O) groups excluding carboxylic acids is 1. The quantitative estimate of drug-likeness (QED) is 0.860. The number of hydrogen-bond donors (Lipinski definition) is 0. The maximum absolute atomic E-state index is 12.9. The van der Waals surface area contributed by atoms with Crippen LogP contribution < -0.4 is 9.47 Å². The van der Waals surface area contributed by atoms with Crippen LogP contribution >= 0.6 is 0 Å². The van der Waals surface area contributed by atoms with Crippen LogP contribution in [-0.2, 0) is 24.2 Å². The minimum absolute atomic E-state index is 0.239. The lowest BCUT2D eigenvalue weighted by Gasteiger charge is -2.30. The third kappa shape index (κ3) is 2.58. The largest absolute Gasteiger partial charge is 0.493 e. The van der Waals surface area contributed by atoms with Crippen molar-refractivity contribution >= 4 is 5.91 Å². The van der Waals surface area contributed by atoms with Gasteiger partial charge in [-0.2, -0.15) is 0 Å². The Bertz CT molecular complexity index is 623. The highest BCUT2D eigenvalue weighted by Gasteiger charge is 2.39. The van der Waals surface area contributed by atoms with E-state index in [2.05, 4.69) is 11.0 Å². The van der Waals surface area contributed by atoms with Gasteiger partial charge in [-0.15, -0.1) is 0 Å². The highest BCUT2D eigenvalue weighted by atomic mass is 16.5. The first-order valence-corrected chi connectivity index (χ1v) is 8.69. The Labute approximate surface area is 137 Å². The van der Waals surface area contributed by atoms with E-state index in [1.54, 1.807) is 0 Å². The van der Waals surface area contributed by atoms with Crippen LogP contribution in [0.3, 0.4) is 0 Å². The summed E-state index contributed by atoms with van der Waals surface area (Å²) in [7, 11) is 0. The average Bonchev–Trinajstić information content (AvgIpc) is 3.03. The SMILES string of the molecule is CC(C)(C)C(=O)N(Cc1c2c(cc3c1OCC3)OCC2)C1CC1. The minimum Gasteiger partial charge on any atom is -0.493 e. The second-order valence-corrected chi connectivity index (χ2v) is 7.93. The van der Waals surface area contributed by atoms with E-state index >= 15 is 0 Å². The number of ether oxygens (including phenoxy) is 2. The highest BCUT2D eigenvalue weighted by Crippen LogP contribution is 2.43. The Morgan fingerprint density at radius 3 is 2.65 bits per heavy atom. The van der Waals surface area contributed by atoms with Crippen molar-refractivity contribution in [3.63, 3.8) is 0 Å². The molecule has 1 aromatic carbocycles. The predicted octanol–water partition coefficient (Wildman–Crippen LogP) is 3.09. The molecule has 4 heteroatoms. The van der Waals surface area contributed by atoms with Gasteiger partial charge < -0.3 is 14.4 Å². The molecule has 124 valence electrons. The van der Waals surface area contributed by atoms with E-state index in [-0.39, 0.29) is 11.3 Å². The second kappa shape index (κ2) is 5.15. The third-order valence-electron chi connectivity index (χ3n) is 4.98. The first-order valence-electron chi connectivity index (χ1n) is 8.69. The van der Waals surface area contributed by atoms with E-state index in [0.29, 0.717) is 12.6 Å². The Morgan fingerprint density at radius 2 is 1.96 bits per heavy atom. The maximum Gasteiger partial charge on any atom is 0.228 e. The maximum atomic E-state index is 12.9. The molecule has 0 radical (unpaired) electrons. The van der Waals surface area contributed by atoms with Crippen molar-refractivity contribution in [3.05, 3.63) is 22.8 Å². The zero-order valence-electron chi connectivity index (χ0n) is 14.3. The molecule has 0 bridgehead atoms. The Morgan fingerprint density at radius 1 is 1.22 bits per heavy atom. The van der Waals surface area contributed by atoms with Crippen LogP contribution in [-0.4, -0.2) is 30.1 Å². The zero-order valence-corrected chi connectivity index (χ0v) is 14.3. The molecule has 0 N–H and O–H groups in total. The molecule has 4 nitrogen and oxygen atoms in total. The van der Waals surface area contributed by atoms with Crippen molar-refractivity contribution in [2.75, 3.05) is 13.2 Å². The number of hydrogen-bond acceptors (Lipinski definition) is 3. The summed E-state index contributed by atoms with van der Waals surface area (Å²) in [6.07, 6.45) is 4.10. The van der Waals surface area contributed by atoms with Gasteiger partial charge in [0.1, 0.15) is 11.5 Å². The summed E-state index contributed by atoms with van der Waals surface area (Å²) < 4.78 is 11.7. The standard InChI is InChI=1S/C19H25NO3/c1-19(2,3)18(21)20(13-4-5-13)11-15-14-7-9-22-16(14)10-12-6-8-23-17(12)15/h10,13H,4-9,11H2,1-3H3. The van der Waals surface area contributed by atoms with E-state index in [1.807, 2.05) is 20.8 Å².